The van der Waals surface area contributed by atoms with Gasteiger partial charge in [-0.25, -0.2) is 8.78 Å². The minimum absolute atomic E-state index is 0.0260. The number of hydrogen-bond acceptors (Lipinski definition) is 2. The van der Waals surface area contributed by atoms with Crippen molar-refractivity contribution in [1.82, 2.24) is 0 Å². The minimum Gasteiger partial charge on any atom is -0.323 e. The minimum atomic E-state index is -4.56. The van der Waals surface area contributed by atoms with Gasteiger partial charge in [0.25, 0.3) is 0 Å². The van der Waals surface area contributed by atoms with Gasteiger partial charge in [0.15, 0.2) is 0 Å². The Labute approximate surface area is 150 Å². The first-order chi connectivity index (χ1) is 12.6. The second kappa shape index (κ2) is 6.98. The van der Waals surface area contributed by atoms with E-state index in [9.17, 15) is 31.5 Å². The summed E-state index contributed by atoms with van der Waals surface area (Å²) in [7, 11) is 0. The Morgan fingerprint density at radius 1 is 1.11 bits per heavy atom. The van der Waals surface area contributed by atoms with Gasteiger partial charge in [-0.2, -0.15) is 13.2 Å². The molecule has 1 atom stereocenters. The van der Waals surface area contributed by atoms with E-state index in [0.717, 1.165) is 29.2 Å². The number of benzene rings is 2. The maximum absolute atomic E-state index is 13.6. The van der Waals surface area contributed by atoms with E-state index in [-0.39, 0.29) is 24.3 Å². The fourth-order valence-corrected chi connectivity index (χ4v) is 2.81. The highest BCUT2D eigenvalue weighted by Crippen LogP contribution is 2.33. The van der Waals surface area contributed by atoms with Gasteiger partial charge < -0.3 is 10.2 Å². The summed E-state index contributed by atoms with van der Waals surface area (Å²) < 4.78 is 65.0. The lowest BCUT2D eigenvalue weighted by atomic mass is 10.1. The van der Waals surface area contributed by atoms with Crippen molar-refractivity contribution in [2.45, 2.75) is 12.6 Å². The normalized spacial score (nSPS) is 17.3. The van der Waals surface area contributed by atoms with Gasteiger partial charge in [0.2, 0.25) is 11.8 Å². The van der Waals surface area contributed by atoms with Gasteiger partial charge in [-0.1, -0.05) is 6.07 Å². The fourth-order valence-electron chi connectivity index (χ4n) is 2.81. The molecule has 0 aliphatic carbocycles. The van der Waals surface area contributed by atoms with Gasteiger partial charge in [-0.3, -0.25) is 9.59 Å². The van der Waals surface area contributed by atoms with Crippen LogP contribution in [0.3, 0.4) is 0 Å². The van der Waals surface area contributed by atoms with E-state index in [1.54, 1.807) is 0 Å². The van der Waals surface area contributed by atoms with E-state index < -0.39 is 41.1 Å². The summed E-state index contributed by atoms with van der Waals surface area (Å²) in [6.45, 7) is -0.144. The summed E-state index contributed by atoms with van der Waals surface area (Å²) in [6.07, 6.45) is -4.79. The Balaban J connectivity index is 1.74. The largest absolute Gasteiger partial charge is 0.416 e. The van der Waals surface area contributed by atoms with Crippen LogP contribution in [0.25, 0.3) is 0 Å². The molecule has 1 aliphatic heterocycles. The standard InChI is InChI=1S/C18H13F5N2O2/c19-12-4-5-15(14(20)8-12)24-17(27)10-6-16(26)25(9-10)13-3-1-2-11(7-13)18(21,22)23/h1-5,7-8,10H,6,9H2,(H,24,27). The molecule has 2 amide bonds. The predicted octanol–water partition coefficient (Wildman–Crippen LogP) is 3.98. The molecule has 1 unspecified atom stereocenters. The zero-order valence-electron chi connectivity index (χ0n) is 13.7. The van der Waals surface area contributed by atoms with Crippen LogP contribution in [0.2, 0.25) is 0 Å². The number of nitrogens with zero attached hydrogens (tertiary/aromatic N) is 1. The molecule has 2 aromatic rings. The summed E-state index contributed by atoms with van der Waals surface area (Å²) in [5.74, 6) is -3.85. The molecule has 1 aliphatic rings. The maximum Gasteiger partial charge on any atom is 0.416 e. The van der Waals surface area contributed by atoms with Crippen LogP contribution in [0.15, 0.2) is 42.5 Å². The van der Waals surface area contributed by atoms with E-state index >= 15 is 0 Å². The van der Waals surface area contributed by atoms with Crippen LogP contribution in [-0.4, -0.2) is 18.4 Å². The van der Waals surface area contributed by atoms with Gasteiger partial charge in [0.1, 0.15) is 11.6 Å². The molecule has 2 aromatic carbocycles. The van der Waals surface area contributed by atoms with Crippen molar-refractivity contribution >= 4 is 23.2 Å². The van der Waals surface area contributed by atoms with E-state index in [1.807, 2.05) is 0 Å². The highest BCUT2D eigenvalue weighted by atomic mass is 19.4. The first-order valence-electron chi connectivity index (χ1n) is 7.88. The average molecular weight is 384 g/mol. The van der Waals surface area contributed by atoms with Gasteiger partial charge >= 0.3 is 6.18 Å². The first-order valence-corrected chi connectivity index (χ1v) is 7.88. The number of carbonyl (C=O) groups is 2. The number of hydrogen-bond donors (Lipinski definition) is 1. The highest BCUT2D eigenvalue weighted by molar-refractivity contribution is 6.03. The monoisotopic (exact) mass is 384 g/mol. The van der Waals surface area contributed by atoms with E-state index in [2.05, 4.69) is 5.32 Å². The molecule has 142 valence electrons. The molecule has 27 heavy (non-hydrogen) atoms. The van der Waals surface area contributed by atoms with E-state index in [1.165, 1.54) is 12.1 Å². The van der Waals surface area contributed by atoms with Crippen LogP contribution in [0, 0.1) is 17.6 Å². The molecule has 9 heteroatoms. The summed E-state index contributed by atoms with van der Waals surface area (Å²) in [5, 5.41) is 2.27. The second-order valence-electron chi connectivity index (χ2n) is 6.07. The second-order valence-corrected chi connectivity index (χ2v) is 6.07. The lowest BCUT2D eigenvalue weighted by Crippen LogP contribution is -2.28. The van der Waals surface area contributed by atoms with E-state index in [4.69, 9.17) is 0 Å². The first kappa shape index (κ1) is 18.8. The lowest BCUT2D eigenvalue weighted by molar-refractivity contribution is -0.137. The molecular formula is C18H13F5N2O2. The molecule has 1 fully saturated rings. The Hall–Kier alpha value is -2.97. The van der Waals surface area contributed by atoms with Crippen molar-refractivity contribution in [3.05, 3.63) is 59.7 Å². The third kappa shape index (κ3) is 4.07. The molecule has 4 nitrogen and oxygen atoms in total. The van der Waals surface area contributed by atoms with Crippen molar-refractivity contribution < 1.29 is 31.5 Å². The van der Waals surface area contributed by atoms with Crippen molar-refractivity contribution in [1.29, 1.82) is 0 Å². The number of alkyl halides is 3. The lowest BCUT2D eigenvalue weighted by Gasteiger charge is -2.18. The molecular weight excluding hydrogens is 371 g/mol. The van der Waals surface area contributed by atoms with E-state index in [0.29, 0.717) is 6.07 Å². The van der Waals surface area contributed by atoms with Crippen LogP contribution in [0.4, 0.5) is 33.3 Å². The summed E-state index contributed by atoms with van der Waals surface area (Å²) in [4.78, 5) is 25.5. The molecule has 0 saturated carbocycles. The Morgan fingerprint density at radius 3 is 2.52 bits per heavy atom. The summed E-state index contributed by atoms with van der Waals surface area (Å²) in [5.41, 5.74) is -1.13. The molecule has 0 radical (unpaired) electrons. The van der Waals surface area contributed by atoms with Crippen molar-refractivity contribution in [3.63, 3.8) is 0 Å². The third-order valence-electron chi connectivity index (χ3n) is 4.17. The molecule has 0 spiro atoms. The maximum atomic E-state index is 13.6. The van der Waals surface area contributed by atoms with Gasteiger partial charge in [-0.05, 0) is 30.3 Å². The van der Waals surface area contributed by atoms with Crippen LogP contribution < -0.4 is 10.2 Å². The number of nitrogens with one attached hydrogen (secondary N) is 1. The zero-order valence-corrected chi connectivity index (χ0v) is 13.7. The Kier molecular flexibility index (Phi) is 4.86. The average Bonchev–Trinajstić information content (AvgIpc) is 2.99. The van der Waals surface area contributed by atoms with Crippen molar-refractivity contribution in [2.24, 2.45) is 5.92 Å². The molecule has 1 heterocycles. The Morgan fingerprint density at radius 2 is 1.85 bits per heavy atom. The predicted molar refractivity (Wildman–Crippen MR) is 86.9 cm³/mol. The number of amides is 2. The molecule has 0 aromatic heterocycles. The van der Waals surface area contributed by atoms with Gasteiger partial charge in [0, 0.05) is 24.7 Å². The van der Waals surface area contributed by atoms with Crippen LogP contribution in [-0.2, 0) is 15.8 Å². The topological polar surface area (TPSA) is 49.4 Å². The smallest absolute Gasteiger partial charge is 0.323 e. The summed E-state index contributed by atoms with van der Waals surface area (Å²) in [6, 6.07) is 6.84. The Bertz CT molecular complexity index is 898. The fraction of sp³-hybridized carbons (Fsp3) is 0.222. The number of rotatable bonds is 3. The van der Waals surface area contributed by atoms with Crippen LogP contribution in [0.5, 0.6) is 0 Å². The highest BCUT2D eigenvalue weighted by Gasteiger charge is 2.37. The SMILES string of the molecule is O=C(Nc1ccc(F)cc1F)C1CC(=O)N(c2cccc(C(F)(F)F)c2)C1. The molecule has 0 bridgehead atoms. The molecule has 1 saturated heterocycles. The third-order valence-corrected chi connectivity index (χ3v) is 4.17. The van der Waals surface area contributed by atoms with Crippen molar-refractivity contribution in [2.75, 3.05) is 16.8 Å². The quantitative estimate of drug-likeness (QED) is 0.814. The van der Waals surface area contributed by atoms with Crippen LogP contribution in [0.1, 0.15) is 12.0 Å². The van der Waals surface area contributed by atoms with Gasteiger partial charge in [-0.15, -0.1) is 0 Å². The molecule has 3 rings (SSSR count). The van der Waals surface area contributed by atoms with Crippen molar-refractivity contribution in [3.8, 4) is 0 Å². The summed E-state index contributed by atoms with van der Waals surface area (Å²) >= 11 is 0. The molecule has 1 N–H and O–H groups in total. The number of carbonyl (C=O) groups excluding carboxylic acids is 2. The number of halogens is 5. The van der Waals surface area contributed by atoms with Crippen LogP contribution >= 0.6 is 0 Å². The number of anilines is 2. The van der Waals surface area contributed by atoms with Gasteiger partial charge in [0.05, 0.1) is 17.2 Å². The zero-order chi connectivity index (χ0) is 19.8.